The molecular formula is C12H23N5O2S2. The molecule has 1 aromatic rings. The lowest BCUT2D eigenvalue weighted by molar-refractivity contribution is 0.190. The first-order chi connectivity index (χ1) is 9.73. The van der Waals surface area contributed by atoms with E-state index in [1.807, 2.05) is 0 Å². The first-order valence-electron chi connectivity index (χ1n) is 6.88. The van der Waals surface area contributed by atoms with Gasteiger partial charge in [0.15, 0.2) is 10.7 Å². The van der Waals surface area contributed by atoms with E-state index in [2.05, 4.69) is 28.6 Å². The second-order valence-electron chi connectivity index (χ2n) is 5.71. The van der Waals surface area contributed by atoms with E-state index in [4.69, 9.17) is 5.73 Å². The summed E-state index contributed by atoms with van der Waals surface area (Å²) in [5.41, 5.74) is 5.76. The van der Waals surface area contributed by atoms with Crippen molar-refractivity contribution in [1.82, 2.24) is 13.6 Å². The zero-order valence-electron chi connectivity index (χ0n) is 12.8. The van der Waals surface area contributed by atoms with Crippen LogP contribution in [0.4, 0.5) is 10.8 Å². The molecular weight excluding hydrogens is 310 g/mol. The zero-order chi connectivity index (χ0) is 15.8. The Bertz CT molecular complexity index is 599. The summed E-state index contributed by atoms with van der Waals surface area (Å²) in [6.45, 7) is 3.16. The third-order valence-electron chi connectivity index (χ3n) is 3.96. The van der Waals surface area contributed by atoms with Gasteiger partial charge in [-0.25, -0.2) is 12.7 Å². The molecule has 1 aliphatic heterocycles. The summed E-state index contributed by atoms with van der Waals surface area (Å²) >= 11 is 1.11. The van der Waals surface area contributed by atoms with Crippen molar-refractivity contribution in [3.63, 3.8) is 0 Å². The molecule has 1 aliphatic rings. The Kier molecular flexibility index (Phi) is 4.76. The number of piperidine rings is 1. The normalized spacial score (nSPS) is 24.4. The number of nitrogens with one attached hydrogen (secondary N) is 1. The average molecular weight is 333 g/mol. The van der Waals surface area contributed by atoms with Crippen LogP contribution >= 0.6 is 11.5 Å². The van der Waals surface area contributed by atoms with Gasteiger partial charge in [-0.05, 0) is 38.3 Å². The minimum absolute atomic E-state index is 0.0668. The van der Waals surface area contributed by atoms with E-state index in [0.717, 1.165) is 35.2 Å². The molecule has 2 unspecified atom stereocenters. The van der Waals surface area contributed by atoms with Crippen LogP contribution in [0.15, 0.2) is 4.90 Å². The molecule has 2 atom stereocenters. The highest BCUT2D eigenvalue weighted by Gasteiger charge is 2.30. The standard InChI is InChI=1S/C12H23N5O2S2/c1-8-7-9(5-6-17(8)4)14-12-10(11(13)15-20-12)21(18,19)16(2)3/h8-9,14H,5-7H2,1-4H3,(H2,13,15). The van der Waals surface area contributed by atoms with E-state index in [-0.39, 0.29) is 16.8 Å². The molecule has 0 spiro atoms. The second kappa shape index (κ2) is 6.07. The summed E-state index contributed by atoms with van der Waals surface area (Å²) in [4.78, 5) is 2.40. The zero-order valence-corrected chi connectivity index (χ0v) is 14.5. The van der Waals surface area contributed by atoms with Crippen LogP contribution in [0.1, 0.15) is 19.8 Å². The summed E-state index contributed by atoms with van der Waals surface area (Å²) in [7, 11) is 1.51. The van der Waals surface area contributed by atoms with Gasteiger partial charge < -0.3 is 16.0 Å². The maximum absolute atomic E-state index is 12.4. The molecule has 120 valence electrons. The third-order valence-corrected chi connectivity index (χ3v) is 6.77. The number of rotatable bonds is 4. The summed E-state index contributed by atoms with van der Waals surface area (Å²) in [5, 5.41) is 3.87. The summed E-state index contributed by atoms with van der Waals surface area (Å²) < 4.78 is 29.9. The molecule has 1 saturated heterocycles. The van der Waals surface area contributed by atoms with Crippen molar-refractivity contribution in [3.8, 4) is 0 Å². The van der Waals surface area contributed by atoms with Gasteiger partial charge in [0.1, 0.15) is 5.00 Å². The molecule has 0 bridgehead atoms. The van der Waals surface area contributed by atoms with Crippen LogP contribution in [0.5, 0.6) is 0 Å². The maximum atomic E-state index is 12.4. The molecule has 1 aromatic heterocycles. The Labute approximate surface area is 130 Å². The smallest absolute Gasteiger partial charge is 0.249 e. The minimum atomic E-state index is -3.59. The second-order valence-corrected chi connectivity index (χ2v) is 8.57. The number of hydrogen-bond acceptors (Lipinski definition) is 7. The van der Waals surface area contributed by atoms with Gasteiger partial charge in [0.2, 0.25) is 10.0 Å². The molecule has 0 aliphatic carbocycles. The molecule has 2 heterocycles. The quantitative estimate of drug-likeness (QED) is 0.849. The van der Waals surface area contributed by atoms with Crippen molar-refractivity contribution in [3.05, 3.63) is 0 Å². The van der Waals surface area contributed by atoms with Crippen molar-refractivity contribution in [2.75, 3.05) is 38.7 Å². The van der Waals surface area contributed by atoms with Crippen molar-refractivity contribution < 1.29 is 8.42 Å². The minimum Gasteiger partial charge on any atom is -0.382 e. The predicted octanol–water partition coefficient (Wildman–Crippen LogP) is 0.870. The lowest BCUT2D eigenvalue weighted by Crippen LogP contribution is -2.42. The molecule has 3 N–H and O–H groups in total. The van der Waals surface area contributed by atoms with E-state index in [9.17, 15) is 8.42 Å². The maximum Gasteiger partial charge on any atom is 0.249 e. The highest BCUT2D eigenvalue weighted by atomic mass is 32.2. The summed E-state index contributed by atoms with van der Waals surface area (Å²) in [6, 6.07) is 0.711. The van der Waals surface area contributed by atoms with E-state index < -0.39 is 10.0 Å². The Hall–Kier alpha value is -0.900. The molecule has 2 rings (SSSR count). The summed E-state index contributed by atoms with van der Waals surface area (Å²) in [6.07, 6.45) is 1.94. The highest BCUT2D eigenvalue weighted by molar-refractivity contribution is 7.89. The molecule has 0 amide bonds. The lowest BCUT2D eigenvalue weighted by atomic mass is 9.99. The van der Waals surface area contributed by atoms with Crippen LogP contribution in [0.2, 0.25) is 0 Å². The topological polar surface area (TPSA) is 91.6 Å². The number of nitrogen functional groups attached to an aromatic ring is 1. The van der Waals surface area contributed by atoms with Crippen LogP contribution < -0.4 is 11.1 Å². The number of likely N-dealkylation sites (tertiary alicyclic amines) is 1. The van der Waals surface area contributed by atoms with Gasteiger partial charge in [0, 0.05) is 32.7 Å². The van der Waals surface area contributed by atoms with Gasteiger partial charge in [0.05, 0.1) is 0 Å². The van der Waals surface area contributed by atoms with Gasteiger partial charge in [-0.3, -0.25) is 0 Å². The van der Waals surface area contributed by atoms with E-state index >= 15 is 0 Å². The number of hydrogen-bond donors (Lipinski definition) is 2. The van der Waals surface area contributed by atoms with Crippen LogP contribution in [-0.2, 0) is 10.0 Å². The van der Waals surface area contributed by atoms with Gasteiger partial charge in [-0.2, -0.15) is 4.37 Å². The monoisotopic (exact) mass is 333 g/mol. The van der Waals surface area contributed by atoms with Gasteiger partial charge in [0.25, 0.3) is 0 Å². The van der Waals surface area contributed by atoms with Crippen LogP contribution in [0, 0.1) is 0 Å². The fraction of sp³-hybridized carbons (Fsp3) is 0.750. The van der Waals surface area contributed by atoms with Crippen LogP contribution in [0.25, 0.3) is 0 Å². The Balaban J connectivity index is 2.23. The number of aromatic nitrogens is 1. The molecule has 0 aromatic carbocycles. The number of anilines is 2. The van der Waals surface area contributed by atoms with Gasteiger partial charge in [-0.1, -0.05) is 0 Å². The van der Waals surface area contributed by atoms with E-state index in [1.165, 1.54) is 14.1 Å². The molecule has 21 heavy (non-hydrogen) atoms. The Morgan fingerprint density at radius 1 is 1.48 bits per heavy atom. The van der Waals surface area contributed by atoms with Crippen molar-refractivity contribution >= 4 is 32.4 Å². The number of nitrogens with zero attached hydrogens (tertiary/aromatic N) is 3. The summed E-state index contributed by atoms with van der Waals surface area (Å²) in [5.74, 6) is 0.0668. The van der Waals surface area contributed by atoms with Gasteiger partial charge in [-0.15, -0.1) is 0 Å². The molecule has 9 heteroatoms. The Morgan fingerprint density at radius 3 is 2.71 bits per heavy atom. The largest absolute Gasteiger partial charge is 0.382 e. The SMILES string of the molecule is CC1CC(Nc2snc(N)c2S(=O)(=O)N(C)C)CCN1C. The lowest BCUT2D eigenvalue weighted by Gasteiger charge is -2.35. The van der Waals surface area contributed by atoms with Crippen molar-refractivity contribution in [2.45, 2.75) is 36.7 Å². The number of sulfonamides is 1. The number of nitrogens with two attached hydrogens (primary N) is 1. The first-order valence-corrected chi connectivity index (χ1v) is 9.09. The highest BCUT2D eigenvalue weighted by Crippen LogP contribution is 2.34. The van der Waals surface area contributed by atoms with Crippen LogP contribution in [-0.4, -0.2) is 61.8 Å². The molecule has 0 saturated carbocycles. The van der Waals surface area contributed by atoms with Gasteiger partial charge >= 0.3 is 0 Å². The van der Waals surface area contributed by atoms with E-state index in [0.29, 0.717) is 11.0 Å². The molecule has 1 fully saturated rings. The van der Waals surface area contributed by atoms with E-state index in [1.54, 1.807) is 0 Å². The molecule has 0 radical (unpaired) electrons. The fourth-order valence-corrected chi connectivity index (χ4v) is 4.57. The van der Waals surface area contributed by atoms with Crippen molar-refractivity contribution in [1.29, 1.82) is 0 Å². The predicted molar refractivity (Wildman–Crippen MR) is 86.1 cm³/mol. The first kappa shape index (κ1) is 16.5. The van der Waals surface area contributed by atoms with Crippen molar-refractivity contribution in [2.24, 2.45) is 0 Å². The fourth-order valence-electron chi connectivity index (χ4n) is 2.42. The van der Waals surface area contributed by atoms with Crippen LogP contribution in [0.3, 0.4) is 0 Å². The third kappa shape index (κ3) is 3.31. The Morgan fingerprint density at radius 2 is 2.14 bits per heavy atom. The molecule has 7 nitrogen and oxygen atoms in total. The average Bonchev–Trinajstić information content (AvgIpc) is 2.75.